The van der Waals surface area contributed by atoms with E-state index >= 15 is 0 Å². The molecule has 4 aromatic heterocycles. The van der Waals surface area contributed by atoms with Crippen molar-refractivity contribution in [2.45, 2.75) is 117 Å². The molecule has 13 heteroatoms. The predicted octanol–water partition coefficient (Wildman–Crippen LogP) is 12.2. The number of carboxylic acid groups (broad SMARTS) is 2. The third-order valence-electron chi connectivity index (χ3n) is 8.53. The van der Waals surface area contributed by atoms with E-state index in [1.54, 1.807) is 12.4 Å². The van der Waals surface area contributed by atoms with E-state index in [4.69, 9.17) is 19.7 Å². The van der Waals surface area contributed by atoms with Crippen LogP contribution in [0.25, 0.3) is 35.1 Å². The van der Waals surface area contributed by atoms with E-state index < -0.39 is 11.9 Å². The van der Waals surface area contributed by atoms with Gasteiger partial charge < -0.3 is 32.0 Å². The molecule has 0 aromatic carbocycles. The third kappa shape index (κ3) is 20.8. The van der Waals surface area contributed by atoms with Gasteiger partial charge in [-0.25, -0.2) is 9.59 Å². The van der Waals surface area contributed by atoms with Gasteiger partial charge in [0.25, 0.3) is 0 Å². The van der Waals surface area contributed by atoms with Crippen molar-refractivity contribution in [1.29, 1.82) is 0 Å². The second-order valence-corrected chi connectivity index (χ2v) is 12.9. The van der Waals surface area contributed by atoms with Crippen LogP contribution in [0.4, 0.5) is 0 Å². The van der Waals surface area contributed by atoms with Crippen molar-refractivity contribution in [3.8, 4) is 34.3 Å². The summed E-state index contributed by atoms with van der Waals surface area (Å²) in [6, 6.07) is 13.2. The van der Waals surface area contributed by atoms with Gasteiger partial charge in [-0.05, 0) is 49.2 Å². The zero-order valence-corrected chi connectivity index (χ0v) is 34.2. The van der Waals surface area contributed by atoms with Crippen LogP contribution in [0.1, 0.15) is 137 Å². The molecule has 0 aliphatic rings. The molecule has 0 saturated carbocycles. The number of carbonyl (C=O) groups is 2. The summed E-state index contributed by atoms with van der Waals surface area (Å²) in [5.74, 6) is -0.430. The average Bonchev–Trinajstić information content (AvgIpc) is 3.17. The van der Waals surface area contributed by atoms with Gasteiger partial charge in [0, 0.05) is 36.9 Å². The quantitative estimate of drug-likeness (QED) is 0.0503. The molecule has 4 aromatic rings. The first-order chi connectivity index (χ1) is 25.4. The van der Waals surface area contributed by atoms with E-state index in [2.05, 4.69) is 33.8 Å². The van der Waals surface area contributed by atoms with Gasteiger partial charge in [0.2, 0.25) is 0 Å². The summed E-state index contributed by atoms with van der Waals surface area (Å²) in [4.78, 5) is 38.6. The van der Waals surface area contributed by atoms with Crippen molar-refractivity contribution in [1.82, 2.24) is 19.9 Å². The number of nitrogens with zero attached hydrogens (tertiary/aromatic N) is 4. The molecule has 0 amide bonds. The first-order valence-corrected chi connectivity index (χ1v) is 19.0. The Bertz CT molecular complexity index is 1510. The van der Waals surface area contributed by atoms with Crippen LogP contribution in [0.15, 0.2) is 73.3 Å². The molecule has 55 heavy (non-hydrogen) atoms. The molecule has 12 nitrogen and oxygen atoms in total. The monoisotopic (exact) mass is 846 g/mol. The predicted molar refractivity (Wildman–Crippen MR) is 216 cm³/mol. The number of nitrogens with two attached hydrogens (primary N) is 2. The molecule has 0 aliphatic heterocycles. The minimum absolute atomic E-state index is 0. The van der Waals surface area contributed by atoms with Gasteiger partial charge in [-0.15, -0.1) is 0 Å². The SMILES string of the molecule is CCCCCCCCCCOc1ccnc(-c2cc(OCCCCCCCCCC)ccn2)c1.O=C(O)c1ccnc(-c2cc(C(=O)O)ccn2)c1.[NH2-].[NH2-].[Ru+2]. The summed E-state index contributed by atoms with van der Waals surface area (Å²) >= 11 is 0. The number of carboxylic acids is 2. The van der Waals surface area contributed by atoms with Gasteiger partial charge in [-0.2, -0.15) is 0 Å². The number of unbranched alkanes of at least 4 members (excludes halogenated alkanes) is 14. The normalized spacial score (nSPS) is 10.1. The maximum Gasteiger partial charge on any atom is 2.00 e. The van der Waals surface area contributed by atoms with E-state index in [9.17, 15) is 9.59 Å². The summed E-state index contributed by atoms with van der Waals surface area (Å²) in [7, 11) is 0. The Balaban J connectivity index is 0.00000118. The molecule has 4 heterocycles. The Kier molecular flexibility index (Phi) is 28.5. The zero-order valence-electron chi connectivity index (χ0n) is 32.5. The van der Waals surface area contributed by atoms with Crippen LogP contribution in [0, 0.1) is 0 Å². The molecule has 0 radical (unpaired) electrons. The first kappa shape index (κ1) is 50.7. The molecule has 0 unspecified atom stereocenters. The van der Waals surface area contributed by atoms with Gasteiger partial charge in [-0.3, -0.25) is 19.9 Å². The van der Waals surface area contributed by atoms with E-state index in [-0.39, 0.29) is 42.9 Å². The molecule has 0 atom stereocenters. The molecule has 0 bridgehead atoms. The van der Waals surface area contributed by atoms with Gasteiger partial charge in [0.1, 0.15) is 11.5 Å². The van der Waals surface area contributed by atoms with Crippen molar-refractivity contribution in [3.63, 3.8) is 0 Å². The van der Waals surface area contributed by atoms with Crippen LogP contribution in [-0.2, 0) is 19.5 Å². The Morgan fingerprint density at radius 3 is 1.09 bits per heavy atom. The molecule has 6 N–H and O–H groups in total. The van der Waals surface area contributed by atoms with Gasteiger partial charge >= 0.3 is 31.4 Å². The fourth-order valence-corrected chi connectivity index (χ4v) is 5.54. The standard InChI is InChI=1S/C30H48N2O2.C12H8N2O4.2H2N.Ru/c1-3-5-7-9-11-13-15-17-23-33-27-19-21-31-29(25-27)30-26-28(20-22-32-30)34-24-18-16-14-12-10-8-6-4-2;15-11(16)7-1-3-13-9(5-7)10-6-8(12(17)18)2-4-14-10;;;/h19-22,25-26H,3-18,23-24H2,1-2H3;1-6H,(H,15,16)(H,17,18);2*1H2;/q;;2*-1;+2. The minimum Gasteiger partial charge on any atom is -0.693 e. The van der Waals surface area contributed by atoms with Crippen molar-refractivity contribution in [3.05, 3.63) is 96.7 Å². The molecule has 0 aliphatic carbocycles. The number of ether oxygens (including phenoxy) is 2. The summed E-state index contributed by atoms with van der Waals surface area (Å²) in [6.45, 7) is 6.05. The van der Waals surface area contributed by atoms with Gasteiger partial charge in [0.05, 0.1) is 47.1 Å². The molecule has 302 valence electrons. The molecule has 0 fully saturated rings. The van der Waals surface area contributed by atoms with E-state index in [1.165, 1.54) is 127 Å². The van der Waals surface area contributed by atoms with Crippen molar-refractivity contribution in [2.75, 3.05) is 13.2 Å². The smallest absolute Gasteiger partial charge is 0.693 e. The first-order valence-electron chi connectivity index (χ1n) is 19.0. The number of hydrogen-bond donors (Lipinski definition) is 2. The number of aromatic nitrogens is 4. The zero-order chi connectivity index (χ0) is 37.2. The summed E-state index contributed by atoms with van der Waals surface area (Å²) in [6.07, 6.45) is 27.2. The maximum atomic E-state index is 10.8. The fraction of sp³-hybridized carbons (Fsp3) is 0.476. The van der Waals surface area contributed by atoms with Crippen LogP contribution < -0.4 is 9.47 Å². The van der Waals surface area contributed by atoms with E-state index in [0.29, 0.717) is 11.4 Å². The van der Waals surface area contributed by atoms with Crippen LogP contribution in [0.5, 0.6) is 11.5 Å². The van der Waals surface area contributed by atoms with Crippen LogP contribution in [0.3, 0.4) is 0 Å². The molecule has 0 spiro atoms. The molecule has 0 saturated heterocycles. The third-order valence-corrected chi connectivity index (χ3v) is 8.53. The molecular weight excluding hydrogens is 786 g/mol. The van der Waals surface area contributed by atoms with Gasteiger partial charge in [-0.1, -0.05) is 104 Å². The Morgan fingerprint density at radius 2 is 0.764 bits per heavy atom. The van der Waals surface area contributed by atoms with Crippen molar-refractivity contribution < 1.29 is 48.8 Å². The van der Waals surface area contributed by atoms with Crippen LogP contribution in [0.2, 0.25) is 0 Å². The minimum atomic E-state index is -1.08. The second kappa shape index (κ2) is 30.9. The molecular formula is C42H60N6O6Ru. The Hall–Kier alpha value is -4.32. The van der Waals surface area contributed by atoms with Gasteiger partial charge in [0.15, 0.2) is 0 Å². The number of hydrogen-bond acceptors (Lipinski definition) is 8. The summed E-state index contributed by atoms with van der Waals surface area (Å²) in [5, 5.41) is 17.7. The number of pyridine rings is 4. The fourth-order valence-electron chi connectivity index (χ4n) is 5.54. The van der Waals surface area contributed by atoms with Crippen LogP contribution >= 0.6 is 0 Å². The molecule has 4 rings (SSSR count). The van der Waals surface area contributed by atoms with E-state index in [0.717, 1.165) is 48.9 Å². The topological polar surface area (TPSA) is 212 Å². The van der Waals surface area contributed by atoms with Crippen molar-refractivity contribution in [2.24, 2.45) is 0 Å². The Labute approximate surface area is 340 Å². The largest absolute Gasteiger partial charge is 2.00 e. The summed E-state index contributed by atoms with van der Waals surface area (Å²) < 4.78 is 12.0. The average molecular weight is 846 g/mol. The van der Waals surface area contributed by atoms with Crippen LogP contribution in [-0.4, -0.2) is 55.3 Å². The maximum absolute atomic E-state index is 10.8. The van der Waals surface area contributed by atoms with E-state index in [1.807, 2.05) is 24.3 Å². The number of rotatable bonds is 24. The van der Waals surface area contributed by atoms with Crippen molar-refractivity contribution >= 4 is 11.9 Å². The second-order valence-electron chi connectivity index (χ2n) is 12.9. The summed E-state index contributed by atoms with van der Waals surface area (Å²) in [5.41, 5.74) is 2.43. The Morgan fingerprint density at radius 1 is 0.473 bits per heavy atom. The number of aromatic carboxylic acids is 2.